The van der Waals surface area contributed by atoms with Crippen molar-refractivity contribution in [1.29, 1.82) is 0 Å². The Bertz CT molecular complexity index is 1060. The van der Waals surface area contributed by atoms with Crippen LogP contribution in [-0.2, 0) is 6.54 Å². The Morgan fingerprint density at radius 2 is 2.00 bits per heavy atom. The van der Waals surface area contributed by atoms with Gasteiger partial charge < -0.3 is 0 Å². The van der Waals surface area contributed by atoms with E-state index in [1.165, 1.54) is 6.07 Å². The minimum Gasteiger partial charge on any atom is -0.284 e. The minimum absolute atomic E-state index is 0.275. The number of pyridine rings is 1. The molecule has 0 fully saturated rings. The summed E-state index contributed by atoms with van der Waals surface area (Å²) in [7, 11) is 0. The summed E-state index contributed by atoms with van der Waals surface area (Å²) < 4.78 is 16.2. The van der Waals surface area contributed by atoms with Crippen molar-refractivity contribution < 1.29 is 4.39 Å². The van der Waals surface area contributed by atoms with Gasteiger partial charge in [-0.05, 0) is 43.7 Å². The molecule has 130 valence electrons. The highest BCUT2D eigenvalue weighted by atomic mass is 19.1. The number of aryl methyl sites for hydroxylation is 2. The number of H-pyrrole nitrogens is 1. The van der Waals surface area contributed by atoms with Crippen molar-refractivity contribution in [2.45, 2.75) is 20.4 Å². The molecule has 6 heteroatoms. The van der Waals surface area contributed by atoms with Gasteiger partial charge in [-0.2, -0.15) is 10.2 Å². The topological polar surface area (TPSA) is 59.4 Å². The maximum absolute atomic E-state index is 14.4. The van der Waals surface area contributed by atoms with E-state index in [0.717, 1.165) is 40.3 Å². The van der Waals surface area contributed by atoms with E-state index in [-0.39, 0.29) is 5.82 Å². The van der Waals surface area contributed by atoms with Gasteiger partial charge in [0.2, 0.25) is 0 Å². The molecule has 0 amide bonds. The number of nitrogens with one attached hydrogen (secondary N) is 1. The number of aromatic amines is 1. The highest BCUT2D eigenvalue weighted by molar-refractivity contribution is 5.81. The Kier molecular flexibility index (Phi) is 4.08. The van der Waals surface area contributed by atoms with Gasteiger partial charge in [-0.15, -0.1) is 0 Å². The normalized spacial score (nSPS) is 11.0. The largest absolute Gasteiger partial charge is 0.284 e. The summed E-state index contributed by atoms with van der Waals surface area (Å²) >= 11 is 0. The van der Waals surface area contributed by atoms with Crippen molar-refractivity contribution in [3.8, 4) is 33.6 Å². The van der Waals surface area contributed by atoms with Crippen molar-refractivity contribution >= 4 is 0 Å². The number of halogens is 1. The van der Waals surface area contributed by atoms with Crippen molar-refractivity contribution in [2.75, 3.05) is 0 Å². The third-order valence-corrected chi connectivity index (χ3v) is 4.32. The van der Waals surface area contributed by atoms with Crippen LogP contribution in [0.25, 0.3) is 33.6 Å². The molecule has 0 aliphatic rings. The van der Waals surface area contributed by atoms with Crippen LogP contribution < -0.4 is 0 Å². The quantitative estimate of drug-likeness (QED) is 0.592. The third-order valence-electron chi connectivity index (χ3n) is 4.32. The van der Waals surface area contributed by atoms with Crippen LogP contribution in [-0.4, -0.2) is 25.0 Å². The fourth-order valence-electron chi connectivity index (χ4n) is 2.97. The molecule has 0 spiro atoms. The molecule has 3 heterocycles. The van der Waals surface area contributed by atoms with E-state index in [1.54, 1.807) is 16.9 Å². The summed E-state index contributed by atoms with van der Waals surface area (Å²) in [6.07, 6.45) is 5.34. The maximum atomic E-state index is 14.4. The average Bonchev–Trinajstić information content (AvgIpc) is 3.31. The first-order valence-corrected chi connectivity index (χ1v) is 8.46. The standard InChI is InChI=1S/C20H18FN5/c1-3-26-12-15(10-23-26)16-9-14(7-8-18(16)21)17-11-22-25-20(17)19-6-4-5-13(2)24-19/h4-12H,3H2,1-2H3,(H,22,25). The highest BCUT2D eigenvalue weighted by Crippen LogP contribution is 2.33. The van der Waals surface area contributed by atoms with E-state index < -0.39 is 0 Å². The van der Waals surface area contributed by atoms with Crippen molar-refractivity contribution in [2.24, 2.45) is 0 Å². The van der Waals surface area contributed by atoms with Crippen LogP contribution in [0.2, 0.25) is 0 Å². The molecule has 0 saturated carbocycles. The second kappa shape index (κ2) is 6.55. The summed E-state index contributed by atoms with van der Waals surface area (Å²) in [5.74, 6) is -0.275. The first kappa shape index (κ1) is 16.2. The molecule has 0 unspecified atom stereocenters. The van der Waals surface area contributed by atoms with E-state index in [1.807, 2.05) is 50.5 Å². The van der Waals surface area contributed by atoms with Crippen LogP contribution in [0.5, 0.6) is 0 Å². The monoisotopic (exact) mass is 347 g/mol. The Balaban J connectivity index is 1.81. The Labute approximate surface area is 150 Å². The number of nitrogens with zero attached hydrogens (tertiary/aromatic N) is 4. The molecule has 26 heavy (non-hydrogen) atoms. The van der Waals surface area contributed by atoms with Crippen LogP contribution in [0.15, 0.2) is 55.0 Å². The summed E-state index contributed by atoms with van der Waals surface area (Å²) in [4.78, 5) is 4.54. The van der Waals surface area contributed by atoms with Crippen molar-refractivity contribution in [3.05, 3.63) is 66.5 Å². The van der Waals surface area contributed by atoms with Gasteiger partial charge in [0, 0.05) is 41.3 Å². The minimum atomic E-state index is -0.275. The Morgan fingerprint density at radius 1 is 1.12 bits per heavy atom. The highest BCUT2D eigenvalue weighted by Gasteiger charge is 2.15. The van der Waals surface area contributed by atoms with Gasteiger partial charge >= 0.3 is 0 Å². The second-order valence-corrected chi connectivity index (χ2v) is 6.09. The van der Waals surface area contributed by atoms with Crippen molar-refractivity contribution in [3.63, 3.8) is 0 Å². The molecule has 0 saturated heterocycles. The number of rotatable bonds is 4. The van der Waals surface area contributed by atoms with Crippen LogP contribution in [0.1, 0.15) is 12.6 Å². The van der Waals surface area contributed by atoms with Gasteiger partial charge in [-0.3, -0.25) is 14.8 Å². The lowest BCUT2D eigenvalue weighted by atomic mass is 9.99. The zero-order valence-corrected chi connectivity index (χ0v) is 14.6. The van der Waals surface area contributed by atoms with Gasteiger partial charge in [-0.1, -0.05) is 12.1 Å². The maximum Gasteiger partial charge on any atom is 0.131 e. The van der Waals surface area contributed by atoms with Crippen LogP contribution >= 0.6 is 0 Å². The molecule has 1 aromatic carbocycles. The summed E-state index contributed by atoms with van der Waals surface area (Å²) in [5.41, 5.74) is 5.48. The number of aromatic nitrogens is 5. The number of hydrogen-bond acceptors (Lipinski definition) is 3. The van der Waals surface area contributed by atoms with E-state index in [0.29, 0.717) is 5.56 Å². The van der Waals surface area contributed by atoms with Crippen LogP contribution in [0.3, 0.4) is 0 Å². The summed E-state index contributed by atoms with van der Waals surface area (Å²) in [6, 6.07) is 10.9. The Morgan fingerprint density at radius 3 is 2.77 bits per heavy atom. The first-order chi connectivity index (χ1) is 12.7. The molecule has 0 aliphatic heterocycles. The zero-order chi connectivity index (χ0) is 18.1. The van der Waals surface area contributed by atoms with Crippen LogP contribution in [0.4, 0.5) is 4.39 Å². The van der Waals surface area contributed by atoms with Gasteiger partial charge in [0.15, 0.2) is 0 Å². The van der Waals surface area contributed by atoms with E-state index >= 15 is 0 Å². The van der Waals surface area contributed by atoms with Crippen LogP contribution in [0, 0.1) is 12.7 Å². The SMILES string of the molecule is CCn1cc(-c2cc(-c3c[nH]nc3-c3cccc(C)n3)ccc2F)cn1. The molecule has 1 N–H and O–H groups in total. The predicted octanol–water partition coefficient (Wildman–Crippen LogP) is 4.47. The lowest BCUT2D eigenvalue weighted by Gasteiger charge is -2.06. The van der Waals surface area contributed by atoms with Crippen molar-refractivity contribution in [1.82, 2.24) is 25.0 Å². The second-order valence-electron chi connectivity index (χ2n) is 6.09. The molecule has 0 atom stereocenters. The molecular formula is C20H18FN5. The predicted molar refractivity (Wildman–Crippen MR) is 98.8 cm³/mol. The molecule has 5 nitrogen and oxygen atoms in total. The molecule has 4 rings (SSSR count). The molecule has 0 aliphatic carbocycles. The van der Waals surface area contributed by atoms with E-state index in [2.05, 4.69) is 20.3 Å². The average molecular weight is 347 g/mol. The smallest absolute Gasteiger partial charge is 0.131 e. The van der Waals surface area contributed by atoms with E-state index in [4.69, 9.17) is 0 Å². The molecule has 0 bridgehead atoms. The Hall–Kier alpha value is -3.28. The lowest BCUT2D eigenvalue weighted by Crippen LogP contribution is -1.92. The number of hydrogen-bond donors (Lipinski definition) is 1. The fourth-order valence-corrected chi connectivity index (χ4v) is 2.97. The first-order valence-electron chi connectivity index (χ1n) is 8.46. The van der Waals surface area contributed by atoms with Gasteiger partial charge in [0.1, 0.15) is 11.5 Å². The zero-order valence-electron chi connectivity index (χ0n) is 14.6. The molecule has 4 aromatic rings. The molecule has 0 radical (unpaired) electrons. The van der Waals surface area contributed by atoms with Gasteiger partial charge in [0.25, 0.3) is 0 Å². The van der Waals surface area contributed by atoms with Gasteiger partial charge in [0.05, 0.1) is 11.9 Å². The fraction of sp³-hybridized carbons (Fsp3) is 0.150. The number of benzene rings is 1. The van der Waals surface area contributed by atoms with Gasteiger partial charge in [-0.25, -0.2) is 4.39 Å². The molecule has 3 aromatic heterocycles. The van der Waals surface area contributed by atoms with E-state index in [9.17, 15) is 4.39 Å². The molecular weight excluding hydrogens is 329 g/mol. The third kappa shape index (κ3) is 2.90. The summed E-state index contributed by atoms with van der Waals surface area (Å²) in [5, 5.41) is 11.5. The lowest BCUT2D eigenvalue weighted by molar-refractivity contribution is 0.631. The summed E-state index contributed by atoms with van der Waals surface area (Å²) in [6.45, 7) is 4.68.